The molecule has 36 heavy (non-hydrogen) atoms. The molecule has 0 aliphatic heterocycles. The smallest absolute Gasteiger partial charge is 0.404 e. The summed E-state index contributed by atoms with van der Waals surface area (Å²) in [6, 6.07) is 11.8. The average Bonchev–Trinajstić information content (AvgIpc) is 3.30. The Hall–Kier alpha value is -4.73. The van der Waals surface area contributed by atoms with Gasteiger partial charge in [0.1, 0.15) is 0 Å². The summed E-state index contributed by atoms with van der Waals surface area (Å²) in [4.78, 5) is 21.6. The van der Waals surface area contributed by atoms with E-state index in [1.54, 1.807) is 37.4 Å². The third kappa shape index (κ3) is 3.82. The average molecular weight is 488 g/mol. The topological polar surface area (TPSA) is 103 Å². The van der Waals surface area contributed by atoms with Gasteiger partial charge in [-0.25, -0.2) is 4.98 Å². The highest BCUT2D eigenvalue weighted by Crippen LogP contribution is 2.36. The molecular formula is C26H19F3N6O. The van der Waals surface area contributed by atoms with Gasteiger partial charge in [-0.05, 0) is 48.9 Å². The second-order valence-electron chi connectivity index (χ2n) is 8.19. The predicted octanol–water partition coefficient (Wildman–Crippen LogP) is 5.00. The van der Waals surface area contributed by atoms with E-state index in [1.165, 1.54) is 46.1 Å². The fourth-order valence-corrected chi connectivity index (χ4v) is 4.24. The van der Waals surface area contributed by atoms with Crippen LogP contribution in [0.3, 0.4) is 0 Å². The zero-order valence-corrected chi connectivity index (χ0v) is 18.9. The first-order valence-corrected chi connectivity index (χ1v) is 10.8. The van der Waals surface area contributed by atoms with Crippen molar-refractivity contribution in [2.75, 3.05) is 0 Å². The van der Waals surface area contributed by atoms with Crippen molar-refractivity contribution in [3.63, 3.8) is 0 Å². The van der Waals surface area contributed by atoms with Gasteiger partial charge in [-0.1, -0.05) is 6.07 Å². The summed E-state index contributed by atoms with van der Waals surface area (Å²) in [5.41, 5.74) is 6.75. The van der Waals surface area contributed by atoms with Gasteiger partial charge in [0, 0.05) is 47.2 Å². The zero-order valence-electron chi connectivity index (χ0n) is 18.9. The Kier molecular flexibility index (Phi) is 5.43. The molecule has 0 aliphatic rings. The van der Waals surface area contributed by atoms with Crippen LogP contribution in [0.5, 0.6) is 0 Å². The Labute approximate surface area is 202 Å². The van der Waals surface area contributed by atoms with E-state index in [0.29, 0.717) is 38.6 Å². The van der Waals surface area contributed by atoms with E-state index < -0.39 is 17.3 Å². The molecule has 10 heteroatoms. The number of imidazole rings is 1. The lowest BCUT2D eigenvalue weighted by Crippen LogP contribution is -2.19. The van der Waals surface area contributed by atoms with E-state index in [-0.39, 0.29) is 11.4 Å². The number of nitrogens with two attached hydrogens (primary N) is 1. The molecule has 7 nitrogen and oxygen atoms in total. The van der Waals surface area contributed by atoms with Crippen molar-refractivity contribution in [2.24, 2.45) is 5.73 Å². The van der Waals surface area contributed by atoms with Crippen LogP contribution in [0.2, 0.25) is 0 Å². The number of halogens is 3. The Morgan fingerprint density at radius 1 is 1.08 bits per heavy atom. The fourth-order valence-electron chi connectivity index (χ4n) is 4.24. The van der Waals surface area contributed by atoms with Gasteiger partial charge in [0.25, 0.3) is 5.56 Å². The number of rotatable bonds is 4. The van der Waals surface area contributed by atoms with E-state index in [2.05, 4.69) is 9.97 Å². The molecule has 0 fully saturated rings. The maximum Gasteiger partial charge on any atom is 0.418 e. The largest absolute Gasteiger partial charge is 0.418 e. The highest BCUT2D eigenvalue weighted by atomic mass is 19.4. The van der Waals surface area contributed by atoms with Crippen LogP contribution in [0.25, 0.3) is 38.8 Å². The lowest BCUT2D eigenvalue weighted by molar-refractivity contribution is -0.137. The third-order valence-electron chi connectivity index (χ3n) is 5.92. The van der Waals surface area contributed by atoms with Crippen LogP contribution in [0.4, 0.5) is 13.2 Å². The minimum Gasteiger partial charge on any atom is -0.404 e. The number of fused-ring (bicyclic) bond motifs is 3. The van der Waals surface area contributed by atoms with Crippen LogP contribution in [-0.4, -0.2) is 25.3 Å². The summed E-state index contributed by atoms with van der Waals surface area (Å²) in [5.74, 6) is 0. The quantitative estimate of drug-likeness (QED) is 0.274. The Morgan fingerprint density at radius 3 is 2.56 bits per heavy atom. The molecular weight excluding hydrogens is 469 g/mol. The van der Waals surface area contributed by atoms with Crippen LogP contribution in [0.15, 0.2) is 78.2 Å². The van der Waals surface area contributed by atoms with Gasteiger partial charge in [0.2, 0.25) is 0 Å². The van der Waals surface area contributed by atoms with Crippen molar-refractivity contribution >= 4 is 33.6 Å². The molecule has 3 heterocycles. The van der Waals surface area contributed by atoms with Gasteiger partial charge in [-0.15, -0.1) is 0 Å². The fraction of sp³-hybridized carbons (Fsp3) is 0.0769. The summed E-state index contributed by atoms with van der Waals surface area (Å²) >= 11 is 0. The maximum absolute atomic E-state index is 14.2. The van der Waals surface area contributed by atoms with Gasteiger partial charge in [0.05, 0.1) is 40.0 Å². The Morgan fingerprint density at radius 2 is 1.89 bits per heavy atom. The van der Waals surface area contributed by atoms with Gasteiger partial charge in [-0.3, -0.25) is 14.3 Å². The lowest BCUT2D eigenvalue weighted by Gasteiger charge is -2.18. The van der Waals surface area contributed by atoms with Crippen LogP contribution in [-0.2, 0) is 6.18 Å². The van der Waals surface area contributed by atoms with Crippen LogP contribution in [0, 0.1) is 12.3 Å². The first-order valence-electron chi connectivity index (χ1n) is 10.8. The third-order valence-corrected chi connectivity index (χ3v) is 5.92. The molecule has 5 rings (SSSR count). The molecule has 0 unspecified atom stereocenters. The second-order valence-corrected chi connectivity index (χ2v) is 8.19. The molecule has 0 saturated heterocycles. The van der Waals surface area contributed by atoms with Crippen molar-refractivity contribution in [1.82, 2.24) is 19.1 Å². The number of hydrogen-bond donors (Lipinski definition) is 2. The van der Waals surface area contributed by atoms with E-state index >= 15 is 0 Å². The number of pyridine rings is 2. The molecule has 0 amide bonds. The lowest BCUT2D eigenvalue weighted by atomic mass is 10.0. The number of allylic oxidation sites excluding steroid dienone is 1. The monoisotopic (exact) mass is 488 g/mol. The van der Waals surface area contributed by atoms with E-state index in [1.807, 2.05) is 0 Å². The molecule has 0 atom stereocenters. The molecule has 3 aromatic heterocycles. The number of nitrogens with zero attached hydrogens (tertiary/aromatic N) is 4. The summed E-state index contributed by atoms with van der Waals surface area (Å²) in [6.45, 7) is 1.69. The summed E-state index contributed by atoms with van der Waals surface area (Å²) in [6.07, 6.45) is 2.08. The number of alkyl halides is 3. The van der Waals surface area contributed by atoms with Crippen LogP contribution >= 0.6 is 0 Å². The zero-order chi connectivity index (χ0) is 25.6. The molecule has 0 spiro atoms. The summed E-state index contributed by atoms with van der Waals surface area (Å²) in [5, 5.41) is 8.70. The van der Waals surface area contributed by atoms with Crippen molar-refractivity contribution in [1.29, 1.82) is 5.41 Å². The molecule has 0 aliphatic carbocycles. The summed E-state index contributed by atoms with van der Waals surface area (Å²) in [7, 11) is 0. The van der Waals surface area contributed by atoms with Gasteiger partial charge >= 0.3 is 6.18 Å². The van der Waals surface area contributed by atoms with Crippen molar-refractivity contribution in [3.05, 3.63) is 101 Å². The number of benzene rings is 2. The standard InChI is InChI=1S/C26H19F3N6O/c1-15-13-34(14-33-15)23-6-4-19(9-21(23)26(27,28)29)35-24(36)7-3-17-12-32-22-5-2-16(18(10-30)11-31)8-20(22)25(17)35/h2-14,30H,31H2,1H3/b18-11+,30-10?. The number of hydrogen-bond acceptors (Lipinski definition) is 5. The molecule has 0 saturated carbocycles. The highest BCUT2D eigenvalue weighted by Gasteiger charge is 2.34. The van der Waals surface area contributed by atoms with Crippen LogP contribution < -0.4 is 11.3 Å². The molecule has 5 aromatic rings. The van der Waals surface area contributed by atoms with Gasteiger partial charge < -0.3 is 15.7 Å². The first kappa shape index (κ1) is 23.0. The van der Waals surface area contributed by atoms with E-state index in [0.717, 1.165) is 12.3 Å². The van der Waals surface area contributed by atoms with Crippen molar-refractivity contribution in [3.8, 4) is 11.4 Å². The Bertz CT molecular complexity index is 1750. The van der Waals surface area contributed by atoms with Crippen molar-refractivity contribution in [2.45, 2.75) is 13.1 Å². The molecule has 2 aromatic carbocycles. The maximum atomic E-state index is 14.2. The minimum absolute atomic E-state index is 0.0538. The highest BCUT2D eigenvalue weighted by molar-refractivity contribution is 6.11. The first-order chi connectivity index (χ1) is 17.2. The van der Waals surface area contributed by atoms with E-state index in [4.69, 9.17) is 11.1 Å². The van der Waals surface area contributed by atoms with Crippen LogP contribution in [0.1, 0.15) is 16.8 Å². The predicted molar refractivity (Wildman–Crippen MR) is 133 cm³/mol. The molecule has 0 bridgehead atoms. The van der Waals surface area contributed by atoms with Gasteiger partial charge in [0.15, 0.2) is 0 Å². The molecule has 0 radical (unpaired) electrons. The normalized spacial score (nSPS) is 12.4. The number of nitrogens with one attached hydrogen (secondary N) is 1. The number of aryl methyl sites for hydroxylation is 1. The molecule has 3 N–H and O–H groups in total. The SMILES string of the molecule is Cc1cn(-c2ccc(-n3c(=O)ccc4cnc5ccc(/C(C=N)=C/N)cc5c43)cc2C(F)(F)F)cn1. The second kappa shape index (κ2) is 8.49. The summed E-state index contributed by atoms with van der Waals surface area (Å²) < 4.78 is 45.0. The minimum atomic E-state index is -4.68. The van der Waals surface area contributed by atoms with Gasteiger partial charge in [-0.2, -0.15) is 13.2 Å². The Balaban J connectivity index is 1.85. The number of aromatic nitrogens is 4. The molecule has 180 valence electrons. The van der Waals surface area contributed by atoms with Crippen molar-refractivity contribution < 1.29 is 13.2 Å². The van der Waals surface area contributed by atoms with E-state index in [9.17, 15) is 18.0 Å².